The van der Waals surface area contributed by atoms with Crippen molar-refractivity contribution in [2.24, 2.45) is 4.99 Å². The van der Waals surface area contributed by atoms with Gasteiger partial charge in [-0.15, -0.1) is 0 Å². The Morgan fingerprint density at radius 3 is 2.46 bits per heavy atom. The maximum atomic E-state index is 13.5. The summed E-state index contributed by atoms with van der Waals surface area (Å²) in [4.78, 5) is 52.0. The van der Waals surface area contributed by atoms with Crippen LogP contribution in [0.3, 0.4) is 0 Å². The van der Waals surface area contributed by atoms with E-state index in [0.29, 0.717) is 11.3 Å². The zero-order valence-corrected chi connectivity index (χ0v) is 19.7. The van der Waals surface area contributed by atoms with Crippen molar-refractivity contribution in [3.05, 3.63) is 110 Å². The van der Waals surface area contributed by atoms with E-state index in [2.05, 4.69) is 4.99 Å². The van der Waals surface area contributed by atoms with Crippen LogP contribution in [0.15, 0.2) is 63.5 Å². The number of hydrogen-bond acceptors (Lipinski definition) is 9. The minimum Gasteiger partial charge on any atom is -0.466 e. The Labute approximate surface area is 205 Å². The van der Waals surface area contributed by atoms with E-state index in [1.165, 1.54) is 54.1 Å². The number of carbonyl (C=O) groups excluding carboxylic acids is 1. The Bertz CT molecular complexity index is 1610. The Hall–Kier alpha value is -4.16. The highest BCUT2D eigenvalue weighted by Crippen LogP contribution is 2.34. The number of aromatic nitrogens is 1. The molecule has 2 aromatic carbocycles. The van der Waals surface area contributed by atoms with Crippen molar-refractivity contribution in [1.82, 2.24) is 4.57 Å². The second-order valence-electron chi connectivity index (χ2n) is 7.39. The van der Waals surface area contributed by atoms with E-state index in [1.54, 1.807) is 13.0 Å². The van der Waals surface area contributed by atoms with Gasteiger partial charge in [0.1, 0.15) is 5.02 Å². The number of fused-ring (bicyclic) bond motifs is 1. The number of rotatable bonds is 5. The van der Waals surface area contributed by atoms with Gasteiger partial charge in [0, 0.05) is 18.2 Å². The third-order valence-electron chi connectivity index (χ3n) is 5.31. The molecule has 0 saturated carbocycles. The van der Waals surface area contributed by atoms with Gasteiger partial charge in [0.15, 0.2) is 4.80 Å². The molecule has 4 rings (SSSR count). The van der Waals surface area contributed by atoms with E-state index in [-0.39, 0.29) is 36.9 Å². The largest absolute Gasteiger partial charge is 0.466 e. The predicted molar refractivity (Wildman–Crippen MR) is 127 cm³/mol. The summed E-state index contributed by atoms with van der Waals surface area (Å²) in [6, 6.07) is 8.62. The smallest absolute Gasteiger partial charge is 0.338 e. The summed E-state index contributed by atoms with van der Waals surface area (Å²) in [5.41, 5.74) is 0.203. The van der Waals surface area contributed by atoms with Crippen LogP contribution in [0.4, 0.5) is 11.4 Å². The second kappa shape index (κ2) is 9.24. The number of non-ortho nitro benzene ring substituents is 1. The molecule has 0 N–H and O–H groups in total. The summed E-state index contributed by atoms with van der Waals surface area (Å²) in [6.07, 6.45) is 1.55. The minimum absolute atomic E-state index is 0.0541. The van der Waals surface area contributed by atoms with Crippen LogP contribution in [0.1, 0.15) is 24.1 Å². The van der Waals surface area contributed by atoms with Crippen LogP contribution in [0, 0.1) is 20.2 Å². The van der Waals surface area contributed by atoms with Crippen molar-refractivity contribution in [3.63, 3.8) is 0 Å². The van der Waals surface area contributed by atoms with Crippen LogP contribution in [-0.4, -0.2) is 27.5 Å². The standard InChI is InChI=1S/C22H15ClN4O7S/c1-11-18(21(29)34-2)19(13-5-8-15(23)16(10-13)27(32)33)25-20(28)17(35-22(25)24-11)9-12-3-6-14(7-4-12)26(30)31/h3-10,19H,1-2H3. The van der Waals surface area contributed by atoms with Gasteiger partial charge in [-0.2, -0.15) is 0 Å². The van der Waals surface area contributed by atoms with Crippen molar-refractivity contribution in [3.8, 4) is 0 Å². The zero-order chi connectivity index (χ0) is 25.4. The summed E-state index contributed by atoms with van der Waals surface area (Å²) in [6.45, 7) is 1.58. The molecule has 1 unspecified atom stereocenters. The molecule has 13 heteroatoms. The van der Waals surface area contributed by atoms with Crippen LogP contribution < -0.4 is 14.9 Å². The molecule has 0 bridgehead atoms. The number of benzene rings is 2. The Kier molecular flexibility index (Phi) is 6.33. The number of hydrogen-bond donors (Lipinski definition) is 0. The number of nitro groups is 2. The average Bonchev–Trinajstić information content (AvgIpc) is 3.12. The Morgan fingerprint density at radius 2 is 1.86 bits per heavy atom. The van der Waals surface area contributed by atoms with E-state index in [1.807, 2.05) is 0 Å². The molecule has 178 valence electrons. The Morgan fingerprint density at radius 1 is 1.17 bits per heavy atom. The molecule has 1 aliphatic heterocycles. The first-order valence-electron chi connectivity index (χ1n) is 9.91. The molecule has 0 amide bonds. The topological polar surface area (TPSA) is 147 Å². The van der Waals surface area contributed by atoms with Crippen LogP contribution in [-0.2, 0) is 9.53 Å². The molecule has 2 heterocycles. The molecule has 3 aromatic rings. The third kappa shape index (κ3) is 4.36. The Balaban J connectivity index is 1.95. The van der Waals surface area contributed by atoms with Crippen molar-refractivity contribution in [2.75, 3.05) is 7.11 Å². The first-order chi connectivity index (χ1) is 16.6. The second-order valence-corrected chi connectivity index (χ2v) is 8.81. The van der Waals surface area contributed by atoms with E-state index < -0.39 is 27.4 Å². The monoisotopic (exact) mass is 514 g/mol. The van der Waals surface area contributed by atoms with Gasteiger partial charge in [0.25, 0.3) is 16.9 Å². The van der Waals surface area contributed by atoms with Gasteiger partial charge in [0.2, 0.25) is 0 Å². The molecule has 1 aromatic heterocycles. The van der Waals surface area contributed by atoms with E-state index in [9.17, 15) is 29.8 Å². The van der Waals surface area contributed by atoms with Gasteiger partial charge in [-0.3, -0.25) is 29.6 Å². The van der Waals surface area contributed by atoms with Gasteiger partial charge in [-0.1, -0.05) is 29.0 Å². The number of carbonyl (C=O) groups is 1. The summed E-state index contributed by atoms with van der Waals surface area (Å²) >= 11 is 7.02. The fourth-order valence-corrected chi connectivity index (χ4v) is 4.92. The van der Waals surface area contributed by atoms with Crippen LogP contribution in [0.2, 0.25) is 5.02 Å². The lowest BCUT2D eigenvalue weighted by atomic mass is 9.95. The third-order valence-corrected chi connectivity index (χ3v) is 6.61. The van der Waals surface area contributed by atoms with Gasteiger partial charge in [-0.25, -0.2) is 9.79 Å². The van der Waals surface area contributed by atoms with Crippen LogP contribution in [0.25, 0.3) is 6.08 Å². The lowest BCUT2D eigenvalue weighted by Gasteiger charge is -2.24. The lowest BCUT2D eigenvalue weighted by Crippen LogP contribution is -2.39. The van der Waals surface area contributed by atoms with Gasteiger partial charge in [0.05, 0.1) is 38.8 Å². The number of thiazole rings is 1. The van der Waals surface area contributed by atoms with Crippen molar-refractivity contribution in [2.45, 2.75) is 13.0 Å². The molecule has 0 saturated heterocycles. The number of esters is 1. The minimum atomic E-state index is -1.05. The molecule has 1 atom stereocenters. The number of nitro benzene ring substituents is 2. The van der Waals surface area contributed by atoms with E-state index in [0.717, 1.165) is 11.3 Å². The molecular weight excluding hydrogens is 500 g/mol. The highest BCUT2D eigenvalue weighted by Gasteiger charge is 2.34. The molecule has 35 heavy (non-hydrogen) atoms. The summed E-state index contributed by atoms with van der Waals surface area (Å²) < 4.78 is 6.44. The highest BCUT2D eigenvalue weighted by molar-refractivity contribution is 7.07. The number of allylic oxidation sites excluding steroid dienone is 1. The summed E-state index contributed by atoms with van der Waals surface area (Å²) in [5.74, 6) is -0.737. The van der Waals surface area contributed by atoms with Gasteiger partial charge >= 0.3 is 5.97 Å². The SMILES string of the molecule is COC(=O)C1=C(C)N=c2sc(=Cc3ccc([N+](=O)[O-])cc3)c(=O)n2C1c1ccc(Cl)c([N+](=O)[O-])c1. The van der Waals surface area contributed by atoms with Gasteiger partial charge in [-0.05, 0) is 42.3 Å². The number of nitrogens with zero attached hydrogens (tertiary/aromatic N) is 4. The van der Waals surface area contributed by atoms with E-state index >= 15 is 0 Å². The lowest BCUT2D eigenvalue weighted by molar-refractivity contribution is -0.385. The summed E-state index contributed by atoms with van der Waals surface area (Å²) in [7, 11) is 1.18. The maximum Gasteiger partial charge on any atom is 0.338 e. The van der Waals surface area contributed by atoms with Crippen LogP contribution >= 0.6 is 22.9 Å². The van der Waals surface area contributed by atoms with Crippen molar-refractivity contribution >= 4 is 46.4 Å². The normalized spacial score (nSPS) is 15.4. The van der Waals surface area contributed by atoms with Crippen LogP contribution in [0.5, 0.6) is 0 Å². The van der Waals surface area contributed by atoms with Crippen molar-refractivity contribution in [1.29, 1.82) is 0 Å². The molecule has 0 fully saturated rings. The first kappa shape index (κ1) is 24.0. The van der Waals surface area contributed by atoms with E-state index in [4.69, 9.17) is 16.3 Å². The fourth-order valence-electron chi connectivity index (χ4n) is 3.69. The van der Waals surface area contributed by atoms with Gasteiger partial charge < -0.3 is 4.74 Å². The number of methoxy groups -OCH3 is 1. The maximum absolute atomic E-state index is 13.5. The first-order valence-corrected chi connectivity index (χ1v) is 11.1. The molecule has 0 radical (unpaired) electrons. The number of ether oxygens (including phenoxy) is 1. The zero-order valence-electron chi connectivity index (χ0n) is 18.1. The average molecular weight is 515 g/mol. The molecular formula is C22H15ClN4O7S. The van der Waals surface area contributed by atoms with Crippen molar-refractivity contribution < 1.29 is 19.4 Å². The fraction of sp³-hybridized carbons (Fsp3) is 0.136. The highest BCUT2D eigenvalue weighted by atomic mass is 35.5. The predicted octanol–water partition coefficient (Wildman–Crippen LogP) is 2.88. The molecule has 1 aliphatic rings. The molecule has 0 spiro atoms. The number of halogens is 1. The summed E-state index contributed by atoms with van der Waals surface area (Å²) in [5, 5.41) is 22.3. The molecule has 0 aliphatic carbocycles. The quantitative estimate of drug-likeness (QED) is 0.289. The molecule has 11 nitrogen and oxygen atoms in total.